The number of amides is 2. The van der Waals surface area contributed by atoms with Gasteiger partial charge in [-0.1, -0.05) is 51.1 Å². The van der Waals surface area contributed by atoms with Gasteiger partial charge in [0, 0.05) is 49.2 Å². The summed E-state index contributed by atoms with van der Waals surface area (Å²) in [5, 5.41) is 9.43. The van der Waals surface area contributed by atoms with Gasteiger partial charge in [-0.15, -0.1) is 11.6 Å². The minimum Gasteiger partial charge on any atom is -0.465 e. The highest BCUT2D eigenvalue weighted by molar-refractivity contribution is 6.27. The van der Waals surface area contributed by atoms with E-state index in [2.05, 4.69) is 0 Å². The Labute approximate surface area is 232 Å². The van der Waals surface area contributed by atoms with Crippen LogP contribution in [0.2, 0.25) is 0 Å². The lowest BCUT2D eigenvalue weighted by molar-refractivity contribution is -0.134. The molecule has 0 spiro atoms. The van der Waals surface area contributed by atoms with Gasteiger partial charge in [-0.05, 0) is 47.6 Å². The number of halogens is 3. The summed E-state index contributed by atoms with van der Waals surface area (Å²) in [6, 6.07) is 14.5. The van der Waals surface area contributed by atoms with Gasteiger partial charge in [0.15, 0.2) is 0 Å². The number of benzene rings is 2. The van der Waals surface area contributed by atoms with Crippen molar-refractivity contribution in [2.75, 3.05) is 25.5 Å². The maximum absolute atomic E-state index is 14.9. The molecule has 0 bridgehead atoms. The number of carbonyl (C=O) groups is 2. The van der Waals surface area contributed by atoms with Crippen molar-refractivity contribution in [1.29, 1.82) is 0 Å². The maximum atomic E-state index is 14.9. The van der Waals surface area contributed by atoms with E-state index in [1.54, 1.807) is 11.1 Å². The Balaban J connectivity index is 1.82. The number of hydrogen-bond donors (Lipinski definition) is 1. The third-order valence-electron chi connectivity index (χ3n) is 7.22. The van der Waals surface area contributed by atoms with E-state index < -0.39 is 29.2 Å². The van der Waals surface area contributed by atoms with Crippen LogP contribution in [0.1, 0.15) is 44.5 Å². The van der Waals surface area contributed by atoms with Gasteiger partial charge in [-0.3, -0.25) is 4.79 Å². The Bertz CT molecular complexity index is 1320. The van der Waals surface area contributed by atoms with Gasteiger partial charge in [0.2, 0.25) is 5.91 Å². The largest absolute Gasteiger partial charge is 0.465 e. The van der Waals surface area contributed by atoms with Crippen LogP contribution in [-0.4, -0.2) is 57.0 Å². The van der Waals surface area contributed by atoms with E-state index in [9.17, 15) is 23.5 Å². The standard InChI is InChI=1S/C30H34ClF2N3O3/c1-30(2,3)28(36(27(37)15-31)18-21-11-12-34(17-21)29(38)39)26-13-22(24-14-23(32)9-10-25(24)33)19-35(26)16-20-7-5-4-6-8-20/h4-10,13-14,19,21,28H,11-12,15-18H2,1-3H3,(H,38,39). The molecule has 39 heavy (non-hydrogen) atoms. The number of aromatic nitrogens is 1. The third kappa shape index (κ3) is 6.61. The molecule has 1 aliphatic heterocycles. The van der Waals surface area contributed by atoms with Gasteiger partial charge in [-0.2, -0.15) is 0 Å². The molecule has 2 amide bonds. The molecule has 1 saturated heterocycles. The van der Waals surface area contributed by atoms with Crippen LogP contribution in [0.5, 0.6) is 0 Å². The summed E-state index contributed by atoms with van der Waals surface area (Å²) in [5.41, 5.74) is 1.94. The van der Waals surface area contributed by atoms with Gasteiger partial charge in [0.1, 0.15) is 17.5 Å². The van der Waals surface area contributed by atoms with Crippen LogP contribution in [0.15, 0.2) is 60.8 Å². The SMILES string of the molecule is CC(C)(C)C(c1cc(-c2cc(F)ccc2F)cn1Cc1ccccc1)N(CC1CCN(C(=O)O)C1)C(=O)CCl. The fraction of sp³-hybridized carbons (Fsp3) is 0.400. The van der Waals surface area contributed by atoms with Crippen LogP contribution in [0.3, 0.4) is 0 Å². The Morgan fingerprint density at radius 3 is 2.46 bits per heavy atom. The smallest absolute Gasteiger partial charge is 0.407 e. The highest BCUT2D eigenvalue weighted by atomic mass is 35.5. The van der Waals surface area contributed by atoms with Gasteiger partial charge in [0.05, 0.1) is 6.04 Å². The molecule has 4 rings (SSSR count). The van der Waals surface area contributed by atoms with Gasteiger partial charge < -0.3 is 19.5 Å². The summed E-state index contributed by atoms with van der Waals surface area (Å²) in [5.74, 6) is -1.63. The predicted molar refractivity (Wildman–Crippen MR) is 148 cm³/mol. The molecule has 0 saturated carbocycles. The van der Waals surface area contributed by atoms with Gasteiger partial charge >= 0.3 is 6.09 Å². The molecule has 2 atom stereocenters. The Hall–Kier alpha value is -3.39. The number of carbonyl (C=O) groups excluding carboxylic acids is 1. The lowest BCUT2D eigenvalue weighted by Gasteiger charge is -2.42. The average molecular weight is 558 g/mol. The molecule has 2 unspecified atom stereocenters. The predicted octanol–water partition coefficient (Wildman–Crippen LogP) is 6.64. The first-order chi connectivity index (χ1) is 18.5. The molecule has 0 aliphatic carbocycles. The van der Waals surface area contributed by atoms with E-state index in [1.807, 2.05) is 61.7 Å². The van der Waals surface area contributed by atoms with E-state index in [4.69, 9.17) is 11.6 Å². The van der Waals surface area contributed by atoms with E-state index >= 15 is 0 Å². The summed E-state index contributed by atoms with van der Waals surface area (Å²) < 4.78 is 31.0. The maximum Gasteiger partial charge on any atom is 0.407 e. The molecule has 1 fully saturated rings. The highest BCUT2D eigenvalue weighted by Gasteiger charge is 2.39. The van der Waals surface area contributed by atoms with Crippen LogP contribution in [-0.2, 0) is 11.3 Å². The zero-order valence-electron chi connectivity index (χ0n) is 22.4. The molecule has 6 nitrogen and oxygen atoms in total. The topological polar surface area (TPSA) is 65.8 Å². The Morgan fingerprint density at radius 2 is 1.85 bits per heavy atom. The number of hydrogen-bond acceptors (Lipinski definition) is 2. The number of nitrogens with zero attached hydrogens (tertiary/aromatic N) is 3. The second-order valence-corrected chi connectivity index (χ2v) is 11.5. The Morgan fingerprint density at radius 1 is 1.13 bits per heavy atom. The van der Waals surface area contributed by atoms with Crippen molar-refractivity contribution < 1.29 is 23.5 Å². The fourth-order valence-corrected chi connectivity index (χ4v) is 5.63. The molecular weight excluding hydrogens is 524 g/mol. The molecule has 3 aromatic rings. The number of carboxylic acid groups (broad SMARTS) is 1. The highest BCUT2D eigenvalue weighted by Crippen LogP contribution is 2.42. The van der Waals surface area contributed by atoms with Crippen molar-refractivity contribution in [2.24, 2.45) is 11.3 Å². The van der Waals surface area contributed by atoms with Gasteiger partial charge in [0.25, 0.3) is 0 Å². The zero-order chi connectivity index (χ0) is 28.3. The molecule has 208 valence electrons. The summed E-state index contributed by atoms with van der Waals surface area (Å²) in [4.78, 5) is 28.0. The average Bonchev–Trinajstić information content (AvgIpc) is 3.52. The van der Waals surface area contributed by atoms with Crippen molar-refractivity contribution in [1.82, 2.24) is 14.4 Å². The minimum absolute atomic E-state index is 0.0456. The number of rotatable bonds is 8. The van der Waals surface area contributed by atoms with Crippen molar-refractivity contribution in [2.45, 2.75) is 39.8 Å². The van der Waals surface area contributed by atoms with Crippen molar-refractivity contribution >= 4 is 23.6 Å². The second-order valence-electron chi connectivity index (χ2n) is 11.2. The van der Waals surface area contributed by atoms with Crippen molar-refractivity contribution in [3.05, 3.63) is 83.7 Å². The van der Waals surface area contributed by atoms with Crippen LogP contribution < -0.4 is 0 Å². The number of alkyl halides is 1. The first-order valence-electron chi connectivity index (χ1n) is 13.0. The van der Waals surface area contributed by atoms with E-state index in [0.717, 1.165) is 23.4 Å². The molecule has 2 aromatic carbocycles. The fourth-order valence-electron chi connectivity index (χ4n) is 5.47. The van der Waals surface area contributed by atoms with Crippen molar-refractivity contribution in [3.63, 3.8) is 0 Å². The van der Waals surface area contributed by atoms with Gasteiger partial charge in [-0.25, -0.2) is 13.6 Å². The lowest BCUT2D eigenvalue weighted by Crippen LogP contribution is -2.45. The summed E-state index contributed by atoms with van der Waals surface area (Å²) in [6.45, 7) is 7.60. The molecule has 1 aliphatic rings. The monoisotopic (exact) mass is 557 g/mol. The van der Waals surface area contributed by atoms with Crippen LogP contribution in [0.25, 0.3) is 11.1 Å². The quantitative estimate of drug-likeness (QED) is 0.316. The molecular formula is C30H34ClF2N3O3. The third-order valence-corrected chi connectivity index (χ3v) is 7.45. The summed E-state index contributed by atoms with van der Waals surface area (Å²) in [6.07, 6.45) is 1.46. The van der Waals surface area contributed by atoms with E-state index in [1.165, 1.54) is 11.0 Å². The first kappa shape index (κ1) is 28.6. The second kappa shape index (κ2) is 11.8. The molecule has 1 N–H and O–H groups in total. The van der Waals surface area contributed by atoms with E-state index in [0.29, 0.717) is 38.2 Å². The number of likely N-dealkylation sites (tertiary alicyclic amines) is 1. The summed E-state index contributed by atoms with van der Waals surface area (Å²) in [7, 11) is 0. The Kier molecular flexibility index (Phi) is 8.64. The molecule has 1 aromatic heterocycles. The molecule has 2 heterocycles. The first-order valence-corrected chi connectivity index (χ1v) is 13.5. The van der Waals surface area contributed by atoms with Crippen LogP contribution >= 0.6 is 11.6 Å². The lowest BCUT2D eigenvalue weighted by atomic mass is 9.82. The summed E-state index contributed by atoms with van der Waals surface area (Å²) >= 11 is 6.11. The van der Waals surface area contributed by atoms with E-state index in [-0.39, 0.29) is 23.3 Å². The van der Waals surface area contributed by atoms with Crippen LogP contribution in [0.4, 0.5) is 13.6 Å². The normalized spacial score (nSPS) is 16.4. The molecule has 9 heteroatoms. The van der Waals surface area contributed by atoms with Crippen molar-refractivity contribution in [3.8, 4) is 11.1 Å². The molecule has 0 radical (unpaired) electrons. The zero-order valence-corrected chi connectivity index (χ0v) is 23.2. The van der Waals surface area contributed by atoms with Crippen LogP contribution in [0, 0.1) is 23.0 Å². The minimum atomic E-state index is -0.974.